The highest BCUT2D eigenvalue weighted by Crippen LogP contribution is 2.44. The van der Waals surface area contributed by atoms with E-state index in [1.807, 2.05) is 19.1 Å². The van der Waals surface area contributed by atoms with Gasteiger partial charge in [-0.05, 0) is 50.7 Å². The van der Waals surface area contributed by atoms with Crippen molar-refractivity contribution < 1.29 is 18.7 Å². The molecule has 1 aliphatic carbocycles. The Hall–Kier alpha value is -2.73. The molecule has 2 aromatic rings. The van der Waals surface area contributed by atoms with Crippen LogP contribution in [-0.2, 0) is 16.6 Å². The minimum Gasteiger partial charge on any atom is -0.472 e. The van der Waals surface area contributed by atoms with Gasteiger partial charge in [0.1, 0.15) is 6.61 Å². The molecule has 1 aromatic heterocycles. The summed E-state index contributed by atoms with van der Waals surface area (Å²) in [6.07, 6.45) is 13.8. The third-order valence-electron chi connectivity index (χ3n) is 6.66. The van der Waals surface area contributed by atoms with Gasteiger partial charge >= 0.3 is 0 Å². The molecular formula is C25H31N2O4+. The second-order valence-corrected chi connectivity index (χ2v) is 8.74. The average Bonchev–Trinajstić information content (AvgIpc) is 3.49. The van der Waals surface area contributed by atoms with E-state index in [-0.39, 0.29) is 10.6 Å². The van der Waals surface area contributed by atoms with E-state index in [0.29, 0.717) is 32.1 Å². The van der Waals surface area contributed by atoms with Gasteiger partial charge in [-0.25, -0.2) is 0 Å². The number of benzene rings is 1. The van der Waals surface area contributed by atoms with Gasteiger partial charge in [0.15, 0.2) is 12.3 Å². The maximum Gasteiger partial charge on any atom is 0.270 e. The normalized spacial score (nSPS) is 21.4. The molecule has 1 saturated carbocycles. The molecule has 6 heteroatoms. The number of nitro groups is 1. The number of allylic oxidation sites excluding steroid dienone is 2. The molecule has 0 spiro atoms. The molecule has 6 nitrogen and oxygen atoms in total. The van der Waals surface area contributed by atoms with Crippen molar-refractivity contribution in [2.45, 2.75) is 51.4 Å². The monoisotopic (exact) mass is 423 g/mol. The highest BCUT2D eigenvalue weighted by Gasteiger charge is 2.48. The number of non-ortho nitro benzene ring substituents is 1. The van der Waals surface area contributed by atoms with Crippen LogP contribution in [0.3, 0.4) is 0 Å². The summed E-state index contributed by atoms with van der Waals surface area (Å²) >= 11 is 0. The number of hydrogen-bond donors (Lipinski definition) is 0. The molecule has 1 fully saturated rings. The van der Waals surface area contributed by atoms with Gasteiger partial charge in [-0.1, -0.05) is 18.9 Å². The third kappa shape index (κ3) is 4.35. The Morgan fingerprint density at radius 3 is 2.81 bits per heavy atom. The quantitative estimate of drug-likeness (QED) is 0.229. The number of nitrogens with zero attached hydrogens (tertiary/aromatic N) is 2. The summed E-state index contributed by atoms with van der Waals surface area (Å²) in [4.78, 5) is 11.2. The average molecular weight is 424 g/mol. The zero-order valence-electron chi connectivity index (χ0n) is 18.4. The Morgan fingerprint density at radius 2 is 2.13 bits per heavy atom. The van der Waals surface area contributed by atoms with Crippen LogP contribution in [0.15, 0.2) is 53.4 Å². The predicted molar refractivity (Wildman–Crippen MR) is 120 cm³/mol. The van der Waals surface area contributed by atoms with Crippen molar-refractivity contribution >= 4 is 17.1 Å². The molecule has 2 heterocycles. The molecule has 1 unspecified atom stereocenters. The summed E-state index contributed by atoms with van der Waals surface area (Å²) in [5.74, 6) is 0.609. The van der Waals surface area contributed by atoms with Crippen LogP contribution in [0.5, 0.6) is 0 Å². The van der Waals surface area contributed by atoms with Crippen LogP contribution in [0, 0.1) is 16.0 Å². The van der Waals surface area contributed by atoms with E-state index < -0.39 is 5.41 Å². The largest absolute Gasteiger partial charge is 0.472 e. The smallest absolute Gasteiger partial charge is 0.270 e. The van der Waals surface area contributed by atoms with Crippen molar-refractivity contribution in [3.63, 3.8) is 0 Å². The summed E-state index contributed by atoms with van der Waals surface area (Å²) in [5.41, 5.74) is 4.01. The molecule has 0 N–H and O–H groups in total. The van der Waals surface area contributed by atoms with Gasteiger partial charge in [-0.3, -0.25) is 10.1 Å². The number of nitro benzene ring substituents is 1. The molecule has 164 valence electrons. The maximum atomic E-state index is 11.5. The van der Waals surface area contributed by atoms with Crippen molar-refractivity contribution in [2.75, 3.05) is 19.8 Å². The predicted octanol–water partition coefficient (Wildman–Crippen LogP) is 5.57. The maximum absolute atomic E-state index is 11.5. The van der Waals surface area contributed by atoms with Gasteiger partial charge in [0, 0.05) is 36.4 Å². The first-order valence-corrected chi connectivity index (χ1v) is 11.2. The van der Waals surface area contributed by atoms with Gasteiger partial charge in [-0.2, -0.15) is 4.58 Å². The molecular weight excluding hydrogens is 392 g/mol. The highest BCUT2D eigenvalue weighted by atomic mass is 16.6. The Bertz CT molecular complexity index is 987. The van der Waals surface area contributed by atoms with Crippen LogP contribution in [-0.4, -0.2) is 35.0 Å². The molecule has 0 amide bonds. The van der Waals surface area contributed by atoms with Gasteiger partial charge in [0.25, 0.3) is 5.69 Å². The van der Waals surface area contributed by atoms with Crippen molar-refractivity contribution in [1.82, 2.24) is 0 Å². The SMILES string of the molecule is CCOCC[N+]1=C(C=CC2CCCC2)C(C)(Cc2ccoc2)c2cc([N+](=O)[O-])ccc21. The lowest BCUT2D eigenvalue weighted by atomic mass is 9.74. The Kier molecular flexibility index (Phi) is 6.37. The summed E-state index contributed by atoms with van der Waals surface area (Å²) in [6.45, 7) is 6.17. The molecule has 1 aromatic carbocycles. The molecule has 0 saturated heterocycles. The van der Waals surface area contributed by atoms with Crippen molar-refractivity contribution in [3.8, 4) is 0 Å². The van der Waals surface area contributed by atoms with E-state index in [1.54, 1.807) is 24.7 Å². The van der Waals surface area contributed by atoms with E-state index >= 15 is 0 Å². The number of furan rings is 1. The van der Waals surface area contributed by atoms with Crippen molar-refractivity contribution in [2.24, 2.45) is 5.92 Å². The number of fused-ring (bicyclic) bond motifs is 1. The molecule has 1 atom stereocenters. The molecule has 31 heavy (non-hydrogen) atoms. The number of ether oxygens (including phenoxy) is 1. The van der Waals surface area contributed by atoms with Crippen molar-refractivity contribution in [1.29, 1.82) is 0 Å². The highest BCUT2D eigenvalue weighted by molar-refractivity contribution is 6.03. The molecule has 0 radical (unpaired) electrons. The minimum absolute atomic E-state index is 0.128. The van der Waals surface area contributed by atoms with Gasteiger partial charge in [0.2, 0.25) is 5.69 Å². The number of rotatable bonds is 9. The van der Waals surface area contributed by atoms with E-state index in [4.69, 9.17) is 9.15 Å². The molecule has 2 aliphatic rings. The van der Waals surface area contributed by atoms with Crippen LogP contribution in [0.25, 0.3) is 0 Å². The van der Waals surface area contributed by atoms with E-state index in [2.05, 4.69) is 23.7 Å². The van der Waals surface area contributed by atoms with Gasteiger partial charge < -0.3 is 9.15 Å². The third-order valence-corrected chi connectivity index (χ3v) is 6.66. The van der Waals surface area contributed by atoms with Gasteiger partial charge in [-0.15, -0.1) is 0 Å². The lowest BCUT2D eigenvalue weighted by Crippen LogP contribution is -2.34. The first-order chi connectivity index (χ1) is 15.0. The summed E-state index contributed by atoms with van der Waals surface area (Å²) in [5, 5.41) is 11.5. The van der Waals surface area contributed by atoms with Crippen LogP contribution in [0.1, 0.15) is 50.7 Å². The summed E-state index contributed by atoms with van der Waals surface area (Å²) < 4.78 is 13.3. The second-order valence-electron chi connectivity index (χ2n) is 8.74. The van der Waals surface area contributed by atoms with Crippen molar-refractivity contribution in [3.05, 3.63) is 70.2 Å². The lowest BCUT2D eigenvalue weighted by Gasteiger charge is -2.22. The fourth-order valence-corrected chi connectivity index (χ4v) is 5.06. The fourth-order valence-electron chi connectivity index (χ4n) is 5.06. The second kappa shape index (κ2) is 9.18. The van der Waals surface area contributed by atoms with Crippen LogP contribution >= 0.6 is 0 Å². The van der Waals surface area contributed by atoms with Gasteiger partial charge in [0.05, 0.1) is 22.9 Å². The Morgan fingerprint density at radius 1 is 1.32 bits per heavy atom. The van der Waals surface area contributed by atoms with Crippen LogP contribution in [0.4, 0.5) is 11.4 Å². The minimum atomic E-state index is -0.396. The first kappa shape index (κ1) is 21.5. The summed E-state index contributed by atoms with van der Waals surface area (Å²) in [7, 11) is 0. The van der Waals surface area contributed by atoms with E-state index in [0.717, 1.165) is 16.8 Å². The zero-order chi connectivity index (χ0) is 21.8. The Labute approximate surface area is 183 Å². The number of hydrogen-bond acceptors (Lipinski definition) is 4. The zero-order valence-corrected chi connectivity index (χ0v) is 18.4. The topological polar surface area (TPSA) is 68.5 Å². The van der Waals surface area contributed by atoms with Crippen LogP contribution < -0.4 is 0 Å². The first-order valence-electron chi connectivity index (χ1n) is 11.2. The standard InChI is InChI=1S/C25H31N2O4/c1-3-30-15-13-26-23-10-9-21(27(28)29)16-22(23)25(2,17-20-12-14-31-18-20)24(26)11-8-19-6-4-5-7-19/h8-12,14,16,18-19H,3-7,13,15,17H2,1-2H3/q+1. The fraction of sp³-hybridized carbons (Fsp3) is 0.480. The van der Waals surface area contributed by atoms with E-state index in [9.17, 15) is 10.1 Å². The van der Waals surface area contributed by atoms with E-state index in [1.165, 1.54) is 31.4 Å². The molecule has 0 bridgehead atoms. The lowest BCUT2D eigenvalue weighted by molar-refractivity contribution is -0.442. The summed E-state index contributed by atoms with van der Waals surface area (Å²) in [6, 6.07) is 7.22. The van der Waals surface area contributed by atoms with Crippen LogP contribution in [0.2, 0.25) is 0 Å². The molecule has 1 aliphatic heterocycles. The Balaban J connectivity index is 1.82. The molecule has 4 rings (SSSR count).